The normalized spacial score (nSPS) is 27.1. The lowest BCUT2D eigenvalue weighted by atomic mass is 10.1. The Hall–Kier alpha value is -0.870. The molecule has 0 amide bonds. The van der Waals surface area contributed by atoms with E-state index in [0.717, 1.165) is 26.0 Å². The summed E-state index contributed by atoms with van der Waals surface area (Å²) in [5, 5.41) is 7.82. The lowest BCUT2D eigenvalue weighted by Gasteiger charge is -2.21. The van der Waals surface area contributed by atoms with Gasteiger partial charge < -0.3 is 10.1 Å². The Labute approximate surface area is 97.0 Å². The fourth-order valence-corrected chi connectivity index (χ4v) is 2.16. The average molecular weight is 223 g/mol. The van der Waals surface area contributed by atoms with Gasteiger partial charge in [-0.05, 0) is 32.8 Å². The van der Waals surface area contributed by atoms with E-state index in [-0.39, 0.29) is 0 Å². The van der Waals surface area contributed by atoms with Crippen LogP contribution in [0.15, 0.2) is 18.5 Å². The summed E-state index contributed by atoms with van der Waals surface area (Å²) in [5.41, 5.74) is 0. The highest BCUT2D eigenvalue weighted by molar-refractivity contribution is 4.82. The number of aryl methyl sites for hydroxylation is 1. The zero-order valence-corrected chi connectivity index (χ0v) is 10.1. The number of nitrogens with one attached hydrogen (secondary N) is 1. The van der Waals surface area contributed by atoms with Gasteiger partial charge in [0.2, 0.25) is 0 Å². The molecule has 1 N–H and O–H groups in total. The summed E-state index contributed by atoms with van der Waals surface area (Å²) in [6.07, 6.45) is 6.42. The van der Waals surface area contributed by atoms with Gasteiger partial charge in [0.25, 0.3) is 0 Å². The fraction of sp³-hybridized carbons (Fsp3) is 0.750. The molecule has 4 nitrogen and oxygen atoms in total. The van der Waals surface area contributed by atoms with E-state index in [4.69, 9.17) is 4.74 Å². The second-order valence-electron chi connectivity index (χ2n) is 4.60. The van der Waals surface area contributed by atoms with Crippen molar-refractivity contribution in [3.63, 3.8) is 0 Å². The van der Waals surface area contributed by atoms with Gasteiger partial charge in [-0.25, -0.2) is 0 Å². The molecule has 2 rings (SSSR count). The molecule has 1 aliphatic heterocycles. The third kappa shape index (κ3) is 3.06. The minimum absolute atomic E-state index is 0.354. The van der Waals surface area contributed by atoms with E-state index >= 15 is 0 Å². The minimum atomic E-state index is 0.354. The maximum absolute atomic E-state index is 5.54. The molecule has 0 spiro atoms. The molecule has 0 aliphatic carbocycles. The van der Waals surface area contributed by atoms with Crippen LogP contribution in [-0.4, -0.2) is 34.6 Å². The Bertz CT molecular complexity index is 299. The van der Waals surface area contributed by atoms with Gasteiger partial charge >= 0.3 is 0 Å². The Morgan fingerprint density at radius 2 is 2.50 bits per heavy atom. The topological polar surface area (TPSA) is 39.1 Å². The summed E-state index contributed by atoms with van der Waals surface area (Å²) in [4.78, 5) is 0. The molecule has 4 heteroatoms. The van der Waals surface area contributed by atoms with Crippen molar-refractivity contribution >= 4 is 0 Å². The van der Waals surface area contributed by atoms with Crippen LogP contribution in [0.2, 0.25) is 0 Å². The molecule has 1 fully saturated rings. The molecule has 0 radical (unpaired) electrons. The van der Waals surface area contributed by atoms with Crippen LogP contribution in [0, 0.1) is 0 Å². The van der Waals surface area contributed by atoms with E-state index in [1.165, 1.54) is 0 Å². The number of hydrogen-bond donors (Lipinski definition) is 1. The van der Waals surface area contributed by atoms with E-state index in [9.17, 15) is 0 Å². The van der Waals surface area contributed by atoms with Crippen molar-refractivity contribution in [3.05, 3.63) is 18.5 Å². The SMILES string of the molecule is C[C@H](CCn1cccn1)N[C@@H]1CCO[C@H]1C. The van der Waals surface area contributed by atoms with Gasteiger partial charge in [-0.3, -0.25) is 4.68 Å². The molecule has 0 unspecified atom stereocenters. The van der Waals surface area contributed by atoms with Crippen molar-refractivity contribution in [1.29, 1.82) is 0 Å². The third-order valence-electron chi connectivity index (χ3n) is 3.23. The van der Waals surface area contributed by atoms with Gasteiger partial charge in [0.15, 0.2) is 0 Å². The number of aromatic nitrogens is 2. The summed E-state index contributed by atoms with van der Waals surface area (Å²) < 4.78 is 7.52. The molecule has 0 aromatic carbocycles. The standard InChI is InChI=1S/C12H21N3O/c1-10(4-8-15-7-3-6-13-15)14-12-5-9-16-11(12)2/h3,6-7,10-12,14H,4-5,8-9H2,1-2H3/t10-,11+,12-/m1/s1. The van der Waals surface area contributed by atoms with E-state index in [2.05, 4.69) is 24.3 Å². The minimum Gasteiger partial charge on any atom is -0.377 e. The molecule has 3 atom stereocenters. The van der Waals surface area contributed by atoms with Crippen molar-refractivity contribution in [2.24, 2.45) is 0 Å². The first-order valence-electron chi connectivity index (χ1n) is 6.11. The second kappa shape index (κ2) is 5.46. The van der Waals surface area contributed by atoms with Gasteiger partial charge in [-0.15, -0.1) is 0 Å². The molecular formula is C12H21N3O. The number of rotatable bonds is 5. The van der Waals surface area contributed by atoms with Crippen LogP contribution in [0.1, 0.15) is 26.7 Å². The average Bonchev–Trinajstić information content (AvgIpc) is 2.88. The molecule has 1 aliphatic rings. The van der Waals surface area contributed by atoms with Crippen molar-refractivity contribution in [2.75, 3.05) is 6.61 Å². The Morgan fingerprint density at radius 3 is 3.12 bits per heavy atom. The number of nitrogens with zero attached hydrogens (tertiary/aromatic N) is 2. The van der Waals surface area contributed by atoms with Crippen LogP contribution in [0.25, 0.3) is 0 Å². The molecule has 1 aromatic heterocycles. The second-order valence-corrected chi connectivity index (χ2v) is 4.60. The quantitative estimate of drug-likeness (QED) is 0.820. The third-order valence-corrected chi connectivity index (χ3v) is 3.23. The Morgan fingerprint density at radius 1 is 1.62 bits per heavy atom. The number of hydrogen-bond acceptors (Lipinski definition) is 3. The molecule has 90 valence electrons. The molecule has 0 bridgehead atoms. The largest absolute Gasteiger partial charge is 0.377 e. The molecule has 1 aromatic rings. The summed E-state index contributed by atoms with van der Waals surface area (Å²) in [6, 6.07) is 3.00. The molecule has 16 heavy (non-hydrogen) atoms. The summed E-state index contributed by atoms with van der Waals surface area (Å²) in [6.45, 7) is 6.24. The highest BCUT2D eigenvalue weighted by Crippen LogP contribution is 2.13. The maximum atomic E-state index is 5.54. The van der Waals surface area contributed by atoms with Gasteiger partial charge in [0.05, 0.1) is 6.10 Å². The fourth-order valence-electron chi connectivity index (χ4n) is 2.16. The number of ether oxygens (including phenoxy) is 1. The van der Waals surface area contributed by atoms with Gasteiger partial charge in [-0.1, -0.05) is 0 Å². The highest BCUT2D eigenvalue weighted by atomic mass is 16.5. The first-order valence-corrected chi connectivity index (χ1v) is 6.11. The van der Waals surface area contributed by atoms with Crippen molar-refractivity contribution < 1.29 is 4.74 Å². The van der Waals surface area contributed by atoms with Gasteiger partial charge in [0.1, 0.15) is 0 Å². The lowest BCUT2D eigenvalue weighted by Crippen LogP contribution is -2.41. The van der Waals surface area contributed by atoms with Crippen LogP contribution in [0.3, 0.4) is 0 Å². The van der Waals surface area contributed by atoms with Crippen molar-refractivity contribution in [3.8, 4) is 0 Å². The smallest absolute Gasteiger partial charge is 0.0700 e. The Balaban J connectivity index is 1.70. The lowest BCUT2D eigenvalue weighted by molar-refractivity contribution is 0.111. The van der Waals surface area contributed by atoms with Crippen LogP contribution in [0.5, 0.6) is 0 Å². The predicted octanol–water partition coefficient (Wildman–Crippen LogP) is 1.43. The van der Waals surface area contributed by atoms with Crippen LogP contribution in [-0.2, 0) is 11.3 Å². The highest BCUT2D eigenvalue weighted by Gasteiger charge is 2.24. The molecular weight excluding hydrogens is 202 g/mol. The van der Waals surface area contributed by atoms with Crippen LogP contribution in [0.4, 0.5) is 0 Å². The molecule has 0 saturated carbocycles. The predicted molar refractivity (Wildman–Crippen MR) is 63.3 cm³/mol. The van der Waals surface area contributed by atoms with E-state index in [0.29, 0.717) is 18.2 Å². The van der Waals surface area contributed by atoms with Gasteiger partial charge in [0, 0.05) is 37.6 Å². The molecule has 2 heterocycles. The summed E-state index contributed by atoms with van der Waals surface area (Å²) in [7, 11) is 0. The Kier molecular flexibility index (Phi) is 3.96. The van der Waals surface area contributed by atoms with Crippen molar-refractivity contribution in [1.82, 2.24) is 15.1 Å². The maximum Gasteiger partial charge on any atom is 0.0700 e. The van der Waals surface area contributed by atoms with Gasteiger partial charge in [-0.2, -0.15) is 5.10 Å². The first kappa shape index (κ1) is 11.6. The summed E-state index contributed by atoms with van der Waals surface area (Å²) >= 11 is 0. The zero-order valence-electron chi connectivity index (χ0n) is 10.1. The van der Waals surface area contributed by atoms with E-state index < -0.39 is 0 Å². The summed E-state index contributed by atoms with van der Waals surface area (Å²) in [5.74, 6) is 0. The van der Waals surface area contributed by atoms with E-state index in [1.54, 1.807) is 0 Å². The van der Waals surface area contributed by atoms with Crippen molar-refractivity contribution in [2.45, 2.75) is 51.4 Å². The van der Waals surface area contributed by atoms with Crippen LogP contribution >= 0.6 is 0 Å². The molecule has 1 saturated heterocycles. The van der Waals surface area contributed by atoms with E-state index in [1.807, 2.05) is 23.1 Å². The zero-order chi connectivity index (χ0) is 11.4. The first-order chi connectivity index (χ1) is 7.75. The monoisotopic (exact) mass is 223 g/mol. The van der Waals surface area contributed by atoms with Crippen LogP contribution < -0.4 is 5.32 Å².